The lowest BCUT2D eigenvalue weighted by molar-refractivity contribution is -0.136. The number of rotatable bonds is 5. The summed E-state index contributed by atoms with van der Waals surface area (Å²) in [5.74, 6) is -1.14. The maximum atomic E-state index is 13.5. The second-order valence-corrected chi connectivity index (χ2v) is 9.72. The number of aromatic nitrogens is 2. The molecule has 0 saturated heterocycles. The number of aryl methyl sites for hydroxylation is 2. The summed E-state index contributed by atoms with van der Waals surface area (Å²) >= 11 is 0. The quantitative estimate of drug-likeness (QED) is 0.386. The van der Waals surface area contributed by atoms with Crippen molar-refractivity contribution in [2.45, 2.75) is 53.0 Å². The van der Waals surface area contributed by atoms with Gasteiger partial charge in [0.15, 0.2) is 0 Å². The summed E-state index contributed by atoms with van der Waals surface area (Å²) in [5.41, 5.74) is 7.19. The Kier molecular flexibility index (Phi) is 5.83. The van der Waals surface area contributed by atoms with Crippen LogP contribution in [0.2, 0.25) is 0 Å². The lowest BCUT2D eigenvalue weighted by Crippen LogP contribution is -2.18. The first-order chi connectivity index (χ1) is 15.5. The summed E-state index contributed by atoms with van der Waals surface area (Å²) in [7, 11) is 0. The molecule has 0 unspecified atom stereocenters. The fourth-order valence-electron chi connectivity index (χ4n) is 4.38. The maximum absolute atomic E-state index is 13.5. The molecule has 0 bridgehead atoms. The standard InChI is InChI=1S/C28H29FN2O2/c1-17-6-10-20(11-7-17)26-22(15-25(32)33)18(2)30-27-23(26)14-24(28(3,4)5)31(27)16-19-8-12-21(29)13-9-19/h6-14H,15-16H2,1-5H3,(H,32,33). The molecule has 170 valence electrons. The van der Waals surface area contributed by atoms with Crippen LogP contribution in [0.1, 0.15) is 48.8 Å². The van der Waals surface area contributed by atoms with Gasteiger partial charge in [0.1, 0.15) is 11.5 Å². The van der Waals surface area contributed by atoms with E-state index in [-0.39, 0.29) is 17.7 Å². The van der Waals surface area contributed by atoms with Crippen molar-refractivity contribution in [1.29, 1.82) is 0 Å². The first-order valence-corrected chi connectivity index (χ1v) is 11.1. The molecule has 0 aliphatic rings. The Morgan fingerprint density at radius 2 is 1.67 bits per heavy atom. The average Bonchev–Trinajstić information content (AvgIpc) is 3.09. The third-order valence-electron chi connectivity index (χ3n) is 6.04. The van der Waals surface area contributed by atoms with Crippen molar-refractivity contribution in [3.8, 4) is 11.1 Å². The fourth-order valence-corrected chi connectivity index (χ4v) is 4.38. The Morgan fingerprint density at radius 3 is 2.24 bits per heavy atom. The molecule has 4 rings (SSSR count). The van der Waals surface area contributed by atoms with Crippen LogP contribution in [-0.4, -0.2) is 20.6 Å². The van der Waals surface area contributed by atoms with Crippen LogP contribution in [0.15, 0.2) is 54.6 Å². The van der Waals surface area contributed by atoms with Crippen molar-refractivity contribution in [3.05, 3.63) is 88.5 Å². The number of benzene rings is 2. The van der Waals surface area contributed by atoms with Crippen LogP contribution in [0.4, 0.5) is 4.39 Å². The Hall–Kier alpha value is -3.47. The molecule has 2 aromatic carbocycles. The first-order valence-electron chi connectivity index (χ1n) is 11.1. The summed E-state index contributed by atoms with van der Waals surface area (Å²) in [6, 6.07) is 16.8. The molecule has 0 fully saturated rings. The molecule has 0 radical (unpaired) electrons. The number of aliphatic carboxylic acids is 1. The van der Waals surface area contributed by atoms with Crippen LogP contribution >= 0.6 is 0 Å². The van der Waals surface area contributed by atoms with Gasteiger partial charge in [-0.15, -0.1) is 0 Å². The highest BCUT2D eigenvalue weighted by molar-refractivity contribution is 5.98. The number of carboxylic acid groups (broad SMARTS) is 1. The molecule has 2 heterocycles. The van der Waals surface area contributed by atoms with Gasteiger partial charge in [0.2, 0.25) is 0 Å². The minimum absolute atomic E-state index is 0.0913. The predicted molar refractivity (Wildman–Crippen MR) is 130 cm³/mol. The van der Waals surface area contributed by atoms with Crippen LogP contribution in [0.25, 0.3) is 22.2 Å². The third kappa shape index (κ3) is 4.54. The number of halogens is 1. The van der Waals surface area contributed by atoms with Gasteiger partial charge in [-0.05, 0) is 54.3 Å². The molecule has 4 aromatic rings. The molecular formula is C28H29FN2O2. The fraction of sp³-hybridized carbons (Fsp3) is 0.286. The van der Waals surface area contributed by atoms with Crippen molar-refractivity contribution in [1.82, 2.24) is 9.55 Å². The monoisotopic (exact) mass is 444 g/mol. The van der Waals surface area contributed by atoms with Gasteiger partial charge in [0, 0.05) is 28.7 Å². The van der Waals surface area contributed by atoms with E-state index in [1.54, 1.807) is 12.1 Å². The number of hydrogen-bond acceptors (Lipinski definition) is 2. The van der Waals surface area contributed by atoms with Crippen molar-refractivity contribution in [3.63, 3.8) is 0 Å². The Morgan fingerprint density at radius 1 is 1.03 bits per heavy atom. The smallest absolute Gasteiger partial charge is 0.307 e. The molecule has 33 heavy (non-hydrogen) atoms. The van der Waals surface area contributed by atoms with Crippen LogP contribution in [0.3, 0.4) is 0 Å². The number of carboxylic acids is 1. The minimum atomic E-state index is -0.880. The molecule has 0 spiro atoms. The van der Waals surface area contributed by atoms with E-state index in [1.165, 1.54) is 12.1 Å². The van der Waals surface area contributed by atoms with E-state index < -0.39 is 5.97 Å². The summed E-state index contributed by atoms with van der Waals surface area (Å²) in [5, 5.41) is 10.6. The number of carbonyl (C=O) groups is 1. The zero-order chi connectivity index (χ0) is 23.9. The zero-order valence-corrected chi connectivity index (χ0v) is 19.7. The van der Waals surface area contributed by atoms with E-state index in [2.05, 4.69) is 31.4 Å². The lowest BCUT2D eigenvalue weighted by atomic mass is 9.90. The topological polar surface area (TPSA) is 55.1 Å². The minimum Gasteiger partial charge on any atom is -0.481 e. The molecule has 2 aromatic heterocycles. The van der Waals surface area contributed by atoms with Gasteiger partial charge >= 0.3 is 5.97 Å². The van der Waals surface area contributed by atoms with Gasteiger partial charge in [-0.1, -0.05) is 62.7 Å². The maximum Gasteiger partial charge on any atom is 0.307 e. The molecule has 0 saturated carbocycles. The Balaban J connectivity index is 2.05. The van der Waals surface area contributed by atoms with Crippen molar-refractivity contribution in [2.75, 3.05) is 0 Å². The molecule has 1 N–H and O–H groups in total. The summed E-state index contributed by atoms with van der Waals surface area (Å²) in [4.78, 5) is 16.6. The van der Waals surface area contributed by atoms with E-state index in [1.807, 2.05) is 38.1 Å². The average molecular weight is 445 g/mol. The van der Waals surface area contributed by atoms with Gasteiger partial charge in [0.05, 0.1) is 6.42 Å². The summed E-state index contributed by atoms with van der Waals surface area (Å²) < 4.78 is 15.7. The lowest BCUT2D eigenvalue weighted by Gasteiger charge is -2.22. The third-order valence-corrected chi connectivity index (χ3v) is 6.04. The molecular weight excluding hydrogens is 415 g/mol. The van der Waals surface area contributed by atoms with Crippen molar-refractivity contribution < 1.29 is 14.3 Å². The highest BCUT2D eigenvalue weighted by Gasteiger charge is 2.26. The predicted octanol–water partition coefficient (Wildman–Crippen LogP) is 6.43. The normalized spacial score (nSPS) is 11.8. The zero-order valence-electron chi connectivity index (χ0n) is 19.7. The molecule has 0 amide bonds. The first kappa shape index (κ1) is 22.7. The molecule has 0 atom stereocenters. The number of fused-ring (bicyclic) bond motifs is 1. The van der Waals surface area contributed by atoms with Crippen molar-refractivity contribution >= 4 is 17.0 Å². The molecule has 0 aliphatic heterocycles. The largest absolute Gasteiger partial charge is 0.481 e. The number of hydrogen-bond donors (Lipinski definition) is 1. The summed E-state index contributed by atoms with van der Waals surface area (Å²) in [6.45, 7) is 10.9. The molecule has 5 heteroatoms. The van der Waals surface area contributed by atoms with Crippen LogP contribution in [-0.2, 0) is 23.2 Å². The SMILES string of the molecule is Cc1ccc(-c2c(CC(=O)O)c(C)nc3c2cc(C(C)(C)C)n3Cc2ccc(F)cc2)cc1. The second-order valence-electron chi connectivity index (χ2n) is 9.72. The summed E-state index contributed by atoms with van der Waals surface area (Å²) in [6.07, 6.45) is -0.0913. The van der Waals surface area contributed by atoms with E-state index in [4.69, 9.17) is 4.98 Å². The molecule has 0 aliphatic carbocycles. The Labute approximate surface area is 193 Å². The highest BCUT2D eigenvalue weighted by Crippen LogP contribution is 2.38. The van der Waals surface area contributed by atoms with Gasteiger partial charge in [-0.2, -0.15) is 0 Å². The van der Waals surface area contributed by atoms with Gasteiger partial charge < -0.3 is 9.67 Å². The van der Waals surface area contributed by atoms with E-state index in [0.29, 0.717) is 12.2 Å². The number of pyridine rings is 1. The van der Waals surface area contributed by atoms with Crippen LogP contribution < -0.4 is 0 Å². The van der Waals surface area contributed by atoms with E-state index >= 15 is 0 Å². The van der Waals surface area contributed by atoms with Crippen LogP contribution in [0.5, 0.6) is 0 Å². The molecule has 4 nitrogen and oxygen atoms in total. The van der Waals surface area contributed by atoms with Gasteiger partial charge in [-0.3, -0.25) is 4.79 Å². The van der Waals surface area contributed by atoms with Crippen LogP contribution in [0, 0.1) is 19.7 Å². The number of nitrogens with zero attached hydrogens (tertiary/aromatic N) is 2. The van der Waals surface area contributed by atoms with E-state index in [0.717, 1.165) is 44.5 Å². The Bertz CT molecular complexity index is 1330. The van der Waals surface area contributed by atoms with E-state index in [9.17, 15) is 14.3 Å². The van der Waals surface area contributed by atoms with Gasteiger partial charge in [0.25, 0.3) is 0 Å². The van der Waals surface area contributed by atoms with Crippen molar-refractivity contribution in [2.24, 2.45) is 0 Å². The van der Waals surface area contributed by atoms with Gasteiger partial charge in [-0.25, -0.2) is 9.37 Å². The second kappa shape index (κ2) is 8.47. The highest BCUT2D eigenvalue weighted by atomic mass is 19.1.